The topological polar surface area (TPSA) is 74.3 Å². The number of rotatable bonds is 6. The number of hydrogen-bond donors (Lipinski definition) is 0. The van der Waals surface area contributed by atoms with Crippen LogP contribution in [0.4, 0.5) is 4.79 Å². The predicted octanol–water partition coefficient (Wildman–Crippen LogP) is 7.69. The average molecular weight is 586 g/mol. The molecule has 3 fully saturated rings. The fourth-order valence-electron chi connectivity index (χ4n) is 6.75. The van der Waals surface area contributed by atoms with Crippen LogP contribution >= 0.6 is 0 Å². The number of fused-ring (bicyclic) bond motifs is 4. The number of likely N-dealkylation sites (tertiary alicyclic amines) is 1. The molecule has 0 N–H and O–H groups in total. The number of nitrogens with zero attached hydrogens (tertiary/aromatic N) is 1. The number of hydrogen-bond acceptors (Lipinski definition) is 6. The first-order valence-corrected chi connectivity index (χ1v) is 16.8. The van der Waals surface area contributed by atoms with Crippen molar-refractivity contribution in [2.45, 2.75) is 141 Å². The Morgan fingerprint density at radius 1 is 0.929 bits per heavy atom. The number of esters is 1. The average Bonchev–Trinajstić information content (AvgIpc) is 2.98. The van der Waals surface area contributed by atoms with Gasteiger partial charge < -0.3 is 23.8 Å². The summed E-state index contributed by atoms with van der Waals surface area (Å²) in [6.45, 7) is 8.52. The van der Waals surface area contributed by atoms with Gasteiger partial charge in [-0.15, -0.1) is 0 Å². The highest BCUT2D eigenvalue weighted by atomic mass is 16.6. The van der Waals surface area contributed by atoms with E-state index >= 15 is 0 Å². The Balaban J connectivity index is 1.33. The van der Waals surface area contributed by atoms with Crippen LogP contribution in [0.25, 0.3) is 0 Å². The van der Waals surface area contributed by atoms with Crippen LogP contribution in [0.1, 0.15) is 111 Å². The number of amides is 1. The maximum atomic E-state index is 13.2. The summed E-state index contributed by atoms with van der Waals surface area (Å²) in [5.41, 5.74) is 1.36. The minimum Gasteiger partial charge on any atom is -0.457 e. The monoisotopic (exact) mass is 585 g/mol. The smallest absolute Gasteiger partial charge is 0.409 e. The Kier molecular flexibility index (Phi) is 13.5. The van der Waals surface area contributed by atoms with Gasteiger partial charge in [0.05, 0.1) is 37.4 Å². The largest absolute Gasteiger partial charge is 0.457 e. The van der Waals surface area contributed by atoms with Crippen LogP contribution in [-0.4, -0.2) is 67.2 Å². The van der Waals surface area contributed by atoms with Gasteiger partial charge >= 0.3 is 12.1 Å². The molecule has 0 radical (unpaired) electrons. The summed E-state index contributed by atoms with van der Waals surface area (Å²) in [5, 5.41) is 0. The minimum absolute atomic E-state index is 0.0530. The zero-order valence-corrected chi connectivity index (χ0v) is 26.3. The van der Waals surface area contributed by atoms with Crippen molar-refractivity contribution in [1.29, 1.82) is 0 Å². The molecule has 4 heterocycles. The van der Waals surface area contributed by atoms with Crippen molar-refractivity contribution in [3.05, 3.63) is 36.0 Å². The summed E-state index contributed by atoms with van der Waals surface area (Å²) >= 11 is 0. The van der Waals surface area contributed by atoms with Crippen molar-refractivity contribution in [2.75, 3.05) is 19.7 Å². The molecule has 236 valence electrons. The molecule has 7 nitrogen and oxygen atoms in total. The lowest BCUT2D eigenvalue weighted by molar-refractivity contribution is -0.154. The molecule has 4 aliphatic rings. The van der Waals surface area contributed by atoms with Crippen molar-refractivity contribution in [1.82, 2.24) is 4.90 Å². The first-order chi connectivity index (χ1) is 20.4. The molecule has 0 aromatic carbocycles. The van der Waals surface area contributed by atoms with E-state index in [9.17, 15) is 9.59 Å². The molecular formula is C35H55NO6. The van der Waals surface area contributed by atoms with Crippen molar-refractivity contribution < 1.29 is 28.5 Å². The lowest BCUT2D eigenvalue weighted by Gasteiger charge is -2.37. The van der Waals surface area contributed by atoms with Crippen LogP contribution in [0.5, 0.6) is 0 Å². The number of piperidine rings is 1. The molecular weight excluding hydrogens is 530 g/mol. The van der Waals surface area contributed by atoms with Crippen molar-refractivity contribution in [3.8, 4) is 0 Å². The molecule has 1 amide bonds. The van der Waals surface area contributed by atoms with E-state index in [0.717, 1.165) is 83.7 Å². The van der Waals surface area contributed by atoms with Crippen LogP contribution in [0.15, 0.2) is 36.0 Å². The highest BCUT2D eigenvalue weighted by Gasteiger charge is 2.32. The number of ether oxygens (including phenoxy) is 4. The Hall–Kier alpha value is -2.12. The third kappa shape index (κ3) is 10.9. The third-order valence-electron chi connectivity index (χ3n) is 9.22. The van der Waals surface area contributed by atoms with E-state index in [1.807, 2.05) is 11.0 Å². The van der Waals surface area contributed by atoms with E-state index in [1.165, 1.54) is 18.4 Å². The summed E-state index contributed by atoms with van der Waals surface area (Å²) in [6.07, 6.45) is 24.0. The number of carbonyl (C=O) groups excluding carboxylic acids is 2. The van der Waals surface area contributed by atoms with E-state index in [0.29, 0.717) is 18.6 Å². The molecule has 42 heavy (non-hydrogen) atoms. The second-order valence-electron chi connectivity index (χ2n) is 13.0. The van der Waals surface area contributed by atoms with Crippen molar-refractivity contribution >= 4 is 12.1 Å². The van der Waals surface area contributed by atoms with Gasteiger partial charge in [-0.05, 0) is 96.0 Å². The molecule has 0 aliphatic carbocycles. The summed E-state index contributed by atoms with van der Waals surface area (Å²) in [6, 6.07) is 0. The van der Waals surface area contributed by atoms with Gasteiger partial charge in [-0.1, -0.05) is 43.7 Å². The van der Waals surface area contributed by atoms with Gasteiger partial charge in [-0.2, -0.15) is 0 Å². The molecule has 4 rings (SSSR count). The van der Waals surface area contributed by atoms with Gasteiger partial charge in [-0.25, -0.2) is 4.79 Å². The lowest BCUT2D eigenvalue weighted by Crippen LogP contribution is -2.37. The van der Waals surface area contributed by atoms with Crippen LogP contribution in [-0.2, 0) is 23.7 Å². The van der Waals surface area contributed by atoms with Crippen LogP contribution < -0.4 is 0 Å². The van der Waals surface area contributed by atoms with E-state index in [2.05, 4.69) is 45.1 Å². The standard InChI is InChI=1S/C35H55NO6/c1-4-28-22-31-24-30-14-12-13-29(40-30)21-26(2)16-17-27(3)33(42-34(37)25-32(23-28)41-31)15-8-5-6-11-20-39-35(38)36-18-9-7-10-19-36/h4,8,15-17,26-27,29-33H,5-7,9-14,18-25H2,1-3H3/b15-8+,17-16+,28-4-. The summed E-state index contributed by atoms with van der Waals surface area (Å²) in [5.74, 6) is 0.240. The van der Waals surface area contributed by atoms with Crippen LogP contribution in [0.3, 0.4) is 0 Å². The van der Waals surface area contributed by atoms with Gasteiger partial charge in [0.25, 0.3) is 0 Å². The van der Waals surface area contributed by atoms with E-state index < -0.39 is 0 Å². The Labute approximate surface area is 254 Å². The van der Waals surface area contributed by atoms with Gasteiger partial charge in [0.2, 0.25) is 0 Å². The number of unbranched alkanes of at least 4 members (excludes halogenated alkanes) is 2. The van der Waals surface area contributed by atoms with Crippen LogP contribution in [0.2, 0.25) is 0 Å². The van der Waals surface area contributed by atoms with Gasteiger partial charge in [-0.3, -0.25) is 4.79 Å². The minimum atomic E-state index is -0.332. The molecule has 7 heteroatoms. The van der Waals surface area contributed by atoms with E-state index in [1.54, 1.807) is 0 Å². The molecule has 3 saturated heterocycles. The van der Waals surface area contributed by atoms with E-state index in [4.69, 9.17) is 18.9 Å². The van der Waals surface area contributed by atoms with Gasteiger partial charge in [0.1, 0.15) is 6.10 Å². The van der Waals surface area contributed by atoms with Crippen LogP contribution in [0, 0.1) is 11.8 Å². The van der Waals surface area contributed by atoms with Crippen molar-refractivity contribution in [3.63, 3.8) is 0 Å². The maximum absolute atomic E-state index is 13.2. The number of cyclic esters (lactones) is 1. The number of allylic oxidation sites excluding steroid dienone is 3. The van der Waals surface area contributed by atoms with E-state index in [-0.39, 0.29) is 48.8 Å². The van der Waals surface area contributed by atoms with Gasteiger partial charge in [0.15, 0.2) is 0 Å². The Bertz CT molecular complexity index is 938. The summed E-state index contributed by atoms with van der Waals surface area (Å²) in [7, 11) is 0. The normalized spacial score (nSPS) is 35.1. The Morgan fingerprint density at radius 2 is 1.67 bits per heavy atom. The highest BCUT2D eigenvalue weighted by Crippen LogP contribution is 2.33. The second kappa shape index (κ2) is 17.2. The maximum Gasteiger partial charge on any atom is 0.409 e. The first kappa shape index (κ1) is 32.8. The molecule has 7 unspecified atom stereocenters. The zero-order chi connectivity index (χ0) is 29.7. The molecule has 4 bridgehead atoms. The molecule has 0 spiro atoms. The fourth-order valence-corrected chi connectivity index (χ4v) is 6.75. The first-order valence-electron chi connectivity index (χ1n) is 16.8. The Morgan fingerprint density at radius 3 is 2.45 bits per heavy atom. The predicted molar refractivity (Wildman–Crippen MR) is 165 cm³/mol. The number of carbonyl (C=O) groups is 2. The summed E-state index contributed by atoms with van der Waals surface area (Å²) < 4.78 is 24.6. The SMILES string of the molecule is C/C=C1\CC2CC(=O)OC(/C=C/CCCCOC(=O)N3CCCCC3)C(C)/C=C/C(C)CC3CCCC(CC(C1)O2)O3. The lowest BCUT2D eigenvalue weighted by atomic mass is 9.90. The zero-order valence-electron chi connectivity index (χ0n) is 26.3. The molecule has 7 atom stereocenters. The molecule has 0 saturated carbocycles. The van der Waals surface area contributed by atoms with Gasteiger partial charge in [0, 0.05) is 25.4 Å². The van der Waals surface area contributed by atoms with Crippen molar-refractivity contribution in [2.24, 2.45) is 11.8 Å². The summed E-state index contributed by atoms with van der Waals surface area (Å²) in [4.78, 5) is 27.2. The molecule has 0 aromatic rings. The molecule has 0 aromatic heterocycles. The third-order valence-corrected chi connectivity index (χ3v) is 9.22. The quantitative estimate of drug-likeness (QED) is 0.181. The molecule has 4 aliphatic heterocycles. The fraction of sp³-hybridized carbons (Fsp3) is 0.771. The second-order valence-corrected chi connectivity index (χ2v) is 13.0. The highest BCUT2D eigenvalue weighted by molar-refractivity contribution is 5.70.